The van der Waals surface area contributed by atoms with E-state index in [4.69, 9.17) is 4.98 Å². The smallest absolute Gasteiger partial charge is 0.231 e. The summed E-state index contributed by atoms with van der Waals surface area (Å²) >= 11 is 3.26. The van der Waals surface area contributed by atoms with Crippen molar-refractivity contribution >= 4 is 34.7 Å². The number of aryl methyl sites for hydroxylation is 3. The van der Waals surface area contributed by atoms with Crippen molar-refractivity contribution in [2.45, 2.75) is 71.3 Å². The van der Waals surface area contributed by atoms with E-state index in [9.17, 15) is 4.79 Å². The standard InChI is InChI=1S/C23H30N4OS2/c1-6-7-10-27-18(5)17(4)24-23(27)30-14-19-13-29-22(25-19)12-21(28)26-20-11-15(2)8-9-16(20)3/h8-9,11,13H,6-7,10,12,14H2,1-5H3,(H,26,28). The van der Waals surface area contributed by atoms with Gasteiger partial charge in [0.05, 0.1) is 17.8 Å². The molecule has 0 aliphatic rings. The van der Waals surface area contributed by atoms with Crippen molar-refractivity contribution in [2.24, 2.45) is 0 Å². The van der Waals surface area contributed by atoms with E-state index in [-0.39, 0.29) is 5.91 Å². The van der Waals surface area contributed by atoms with Crippen LogP contribution < -0.4 is 5.32 Å². The molecular weight excluding hydrogens is 412 g/mol. The lowest BCUT2D eigenvalue weighted by atomic mass is 10.1. The van der Waals surface area contributed by atoms with E-state index in [2.05, 4.69) is 35.6 Å². The van der Waals surface area contributed by atoms with Gasteiger partial charge in [-0.05, 0) is 51.3 Å². The molecule has 0 saturated carbocycles. The molecule has 2 aromatic heterocycles. The van der Waals surface area contributed by atoms with Crippen LogP contribution in [-0.4, -0.2) is 20.4 Å². The van der Waals surface area contributed by atoms with Crippen molar-refractivity contribution in [1.29, 1.82) is 0 Å². The molecule has 0 bridgehead atoms. The lowest BCUT2D eigenvalue weighted by molar-refractivity contribution is -0.115. The number of thioether (sulfide) groups is 1. The molecule has 0 fully saturated rings. The van der Waals surface area contributed by atoms with Crippen LogP contribution >= 0.6 is 23.1 Å². The highest BCUT2D eigenvalue weighted by Crippen LogP contribution is 2.26. The fraction of sp³-hybridized carbons (Fsp3) is 0.435. The molecule has 3 aromatic rings. The number of anilines is 1. The molecule has 0 saturated heterocycles. The van der Waals surface area contributed by atoms with Crippen LogP contribution in [0.1, 0.15) is 53.0 Å². The van der Waals surface area contributed by atoms with Gasteiger partial charge in [0.2, 0.25) is 5.91 Å². The van der Waals surface area contributed by atoms with Crippen molar-refractivity contribution in [1.82, 2.24) is 14.5 Å². The van der Waals surface area contributed by atoms with Crippen LogP contribution in [0.3, 0.4) is 0 Å². The van der Waals surface area contributed by atoms with Crippen molar-refractivity contribution in [2.75, 3.05) is 5.32 Å². The maximum absolute atomic E-state index is 12.5. The molecule has 1 N–H and O–H groups in total. The molecule has 0 radical (unpaired) electrons. The quantitative estimate of drug-likeness (QED) is 0.423. The third-order valence-corrected chi connectivity index (χ3v) is 6.99. The molecule has 1 aromatic carbocycles. The Kier molecular flexibility index (Phi) is 7.72. The van der Waals surface area contributed by atoms with Gasteiger partial charge in [-0.2, -0.15) is 0 Å². The molecule has 1 amide bonds. The number of hydrogen-bond donors (Lipinski definition) is 1. The van der Waals surface area contributed by atoms with Gasteiger partial charge >= 0.3 is 0 Å². The average molecular weight is 443 g/mol. The number of imidazole rings is 1. The van der Waals surface area contributed by atoms with Crippen LogP contribution in [-0.2, 0) is 23.5 Å². The molecule has 0 aliphatic carbocycles. The predicted molar refractivity (Wildman–Crippen MR) is 127 cm³/mol. The lowest BCUT2D eigenvalue weighted by Crippen LogP contribution is -2.15. The number of thiazole rings is 1. The number of nitrogens with one attached hydrogen (secondary N) is 1. The van der Waals surface area contributed by atoms with E-state index in [1.165, 1.54) is 12.1 Å². The Morgan fingerprint density at radius 1 is 1.20 bits per heavy atom. The van der Waals surface area contributed by atoms with E-state index in [0.29, 0.717) is 6.42 Å². The number of hydrogen-bond acceptors (Lipinski definition) is 5. The maximum atomic E-state index is 12.5. The number of carbonyl (C=O) groups excluding carboxylic acids is 1. The number of benzene rings is 1. The van der Waals surface area contributed by atoms with Crippen LogP contribution in [0.5, 0.6) is 0 Å². The van der Waals surface area contributed by atoms with Gasteiger partial charge in [-0.1, -0.05) is 37.2 Å². The van der Waals surface area contributed by atoms with E-state index in [0.717, 1.165) is 57.1 Å². The highest BCUT2D eigenvalue weighted by atomic mass is 32.2. The minimum atomic E-state index is -0.0291. The average Bonchev–Trinajstić information content (AvgIpc) is 3.25. The zero-order valence-electron chi connectivity index (χ0n) is 18.4. The Bertz CT molecular complexity index is 1020. The molecule has 160 valence electrons. The van der Waals surface area contributed by atoms with E-state index < -0.39 is 0 Å². The predicted octanol–water partition coefficient (Wildman–Crippen LogP) is 5.85. The van der Waals surface area contributed by atoms with Crippen LogP contribution in [0.25, 0.3) is 0 Å². The number of rotatable bonds is 9. The Morgan fingerprint density at radius 3 is 2.77 bits per heavy atom. The Labute approximate surface area is 187 Å². The summed E-state index contributed by atoms with van der Waals surface area (Å²) in [5.41, 5.74) is 6.40. The Morgan fingerprint density at radius 2 is 2.00 bits per heavy atom. The number of carbonyl (C=O) groups is 1. The van der Waals surface area contributed by atoms with Crippen LogP contribution in [0.2, 0.25) is 0 Å². The lowest BCUT2D eigenvalue weighted by Gasteiger charge is -2.09. The molecule has 30 heavy (non-hydrogen) atoms. The van der Waals surface area contributed by atoms with Crippen molar-refractivity contribution in [3.63, 3.8) is 0 Å². The molecule has 2 heterocycles. The van der Waals surface area contributed by atoms with Gasteiger partial charge in [0.1, 0.15) is 5.01 Å². The summed E-state index contributed by atoms with van der Waals surface area (Å²) < 4.78 is 2.31. The summed E-state index contributed by atoms with van der Waals surface area (Å²) in [5, 5.41) is 6.96. The van der Waals surface area contributed by atoms with Gasteiger partial charge in [0, 0.05) is 29.1 Å². The third-order valence-electron chi connectivity index (χ3n) is 5.09. The van der Waals surface area contributed by atoms with Gasteiger partial charge in [-0.25, -0.2) is 9.97 Å². The number of unbranched alkanes of at least 4 members (excludes halogenated alkanes) is 1. The molecule has 7 heteroatoms. The van der Waals surface area contributed by atoms with Crippen LogP contribution in [0.15, 0.2) is 28.7 Å². The number of aromatic nitrogens is 3. The zero-order valence-corrected chi connectivity index (χ0v) is 20.0. The first-order chi connectivity index (χ1) is 14.4. The topological polar surface area (TPSA) is 59.8 Å². The van der Waals surface area contributed by atoms with Crippen molar-refractivity contribution in [3.8, 4) is 0 Å². The van der Waals surface area contributed by atoms with Gasteiger partial charge in [0.25, 0.3) is 0 Å². The SMILES string of the molecule is CCCCn1c(SCc2csc(CC(=O)Nc3cc(C)ccc3C)n2)nc(C)c1C. The minimum Gasteiger partial charge on any atom is -0.325 e. The molecule has 5 nitrogen and oxygen atoms in total. The zero-order chi connectivity index (χ0) is 21.7. The highest BCUT2D eigenvalue weighted by Gasteiger charge is 2.14. The Balaban J connectivity index is 1.58. The van der Waals surface area contributed by atoms with Crippen molar-refractivity contribution in [3.05, 3.63) is 56.8 Å². The molecule has 0 aliphatic heterocycles. The van der Waals surface area contributed by atoms with E-state index >= 15 is 0 Å². The normalized spacial score (nSPS) is 11.1. The van der Waals surface area contributed by atoms with Gasteiger partial charge < -0.3 is 9.88 Å². The second kappa shape index (κ2) is 10.3. The largest absolute Gasteiger partial charge is 0.325 e. The van der Waals surface area contributed by atoms with Crippen molar-refractivity contribution < 1.29 is 4.79 Å². The Hall–Kier alpha value is -2.12. The fourth-order valence-corrected chi connectivity index (χ4v) is 5.06. The molecule has 0 atom stereocenters. The monoisotopic (exact) mass is 442 g/mol. The van der Waals surface area contributed by atoms with E-state index in [1.807, 2.05) is 37.4 Å². The molecular formula is C23H30N4OS2. The summed E-state index contributed by atoms with van der Waals surface area (Å²) in [6.07, 6.45) is 2.62. The van der Waals surface area contributed by atoms with Gasteiger partial charge in [-0.15, -0.1) is 11.3 Å². The summed E-state index contributed by atoms with van der Waals surface area (Å²) in [6, 6.07) is 6.07. The molecule has 0 unspecified atom stereocenters. The van der Waals surface area contributed by atoms with Crippen LogP contribution in [0.4, 0.5) is 5.69 Å². The minimum absolute atomic E-state index is 0.0291. The first-order valence-electron chi connectivity index (χ1n) is 10.3. The fourth-order valence-electron chi connectivity index (χ4n) is 3.15. The first kappa shape index (κ1) is 22.6. The summed E-state index contributed by atoms with van der Waals surface area (Å²) in [6.45, 7) is 11.4. The maximum Gasteiger partial charge on any atom is 0.231 e. The van der Waals surface area contributed by atoms with Crippen LogP contribution in [0, 0.1) is 27.7 Å². The first-order valence-corrected chi connectivity index (χ1v) is 12.2. The molecule has 3 rings (SSSR count). The van der Waals surface area contributed by atoms with E-state index in [1.54, 1.807) is 23.1 Å². The number of nitrogens with zero attached hydrogens (tertiary/aromatic N) is 3. The highest BCUT2D eigenvalue weighted by molar-refractivity contribution is 7.98. The second-order valence-electron chi connectivity index (χ2n) is 7.63. The number of amides is 1. The summed E-state index contributed by atoms with van der Waals surface area (Å²) in [4.78, 5) is 21.9. The third kappa shape index (κ3) is 5.73. The van der Waals surface area contributed by atoms with Gasteiger partial charge in [0.15, 0.2) is 5.16 Å². The summed E-state index contributed by atoms with van der Waals surface area (Å²) in [7, 11) is 0. The second-order valence-corrected chi connectivity index (χ2v) is 9.52. The molecule has 0 spiro atoms. The van der Waals surface area contributed by atoms with Gasteiger partial charge in [-0.3, -0.25) is 4.79 Å². The summed E-state index contributed by atoms with van der Waals surface area (Å²) in [5.74, 6) is 0.732.